The molecule has 0 radical (unpaired) electrons. The van der Waals surface area contributed by atoms with Crippen molar-refractivity contribution < 1.29 is 14.4 Å². The Bertz CT molecular complexity index is 1170. The number of urea groups is 1. The fourth-order valence-electron chi connectivity index (χ4n) is 4.79. The molecule has 0 atom stereocenters. The van der Waals surface area contributed by atoms with Crippen molar-refractivity contribution in [3.63, 3.8) is 0 Å². The van der Waals surface area contributed by atoms with Gasteiger partial charge in [-0.05, 0) is 41.7 Å². The maximum absolute atomic E-state index is 13.0. The fourth-order valence-corrected chi connectivity index (χ4v) is 4.79. The molecule has 6 nitrogen and oxygen atoms in total. The Hall–Kier alpha value is -3.93. The van der Waals surface area contributed by atoms with E-state index in [4.69, 9.17) is 0 Å². The molecule has 0 saturated carbocycles. The number of hydrogen-bond donors (Lipinski definition) is 0. The van der Waals surface area contributed by atoms with Crippen LogP contribution in [0.4, 0.5) is 10.5 Å². The molecule has 5 rings (SSSR count). The third kappa shape index (κ3) is 4.44. The van der Waals surface area contributed by atoms with Crippen LogP contribution in [0.1, 0.15) is 18.4 Å². The highest BCUT2D eigenvalue weighted by Gasteiger charge is 2.41. The van der Waals surface area contributed by atoms with Crippen molar-refractivity contribution in [2.24, 2.45) is 0 Å². The Morgan fingerprint density at radius 2 is 1.35 bits per heavy atom. The number of carbonyl (C=O) groups excluding carboxylic acids is 3. The number of para-hydroxylation sites is 1. The van der Waals surface area contributed by atoms with Crippen LogP contribution in [0.5, 0.6) is 0 Å². The number of benzene rings is 3. The lowest BCUT2D eigenvalue weighted by atomic mass is 10.0. The monoisotopic (exact) mass is 453 g/mol. The minimum atomic E-state index is -0.264. The zero-order valence-electron chi connectivity index (χ0n) is 19.0. The molecule has 0 bridgehead atoms. The fraction of sp³-hybridized carbons (Fsp3) is 0.250. The smallest absolute Gasteiger partial charge is 0.332 e. The predicted octanol–water partition coefficient (Wildman–Crippen LogP) is 4.36. The normalized spacial score (nSPS) is 16.9. The van der Waals surface area contributed by atoms with Crippen LogP contribution in [0, 0.1) is 0 Å². The summed E-state index contributed by atoms with van der Waals surface area (Å²) in [5.74, 6) is -0.102. The van der Waals surface area contributed by atoms with Crippen LogP contribution >= 0.6 is 0 Å². The number of nitrogens with zero attached hydrogens (tertiary/aromatic N) is 3. The number of imide groups is 1. The van der Waals surface area contributed by atoms with Gasteiger partial charge >= 0.3 is 6.03 Å². The van der Waals surface area contributed by atoms with Gasteiger partial charge in [0, 0.05) is 19.1 Å². The first-order valence-electron chi connectivity index (χ1n) is 11.7. The van der Waals surface area contributed by atoms with Gasteiger partial charge in [-0.3, -0.25) is 9.59 Å². The maximum atomic E-state index is 13.0. The van der Waals surface area contributed by atoms with Crippen molar-refractivity contribution in [2.45, 2.75) is 25.3 Å². The van der Waals surface area contributed by atoms with Crippen LogP contribution in [0.3, 0.4) is 0 Å². The lowest BCUT2D eigenvalue weighted by Crippen LogP contribution is -2.48. The number of likely N-dealkylation sites (tertiary alicyclic amines) is 1. The predicted molar refractivity (Wildman–Crippen MR) is 131 cm³/mol. The van der Waals surface area contributed by atoms with E-state index in [0.29, 0.717) is 38.0 Å². The molecule has 6 heteroatoms. The lowest BCUT2D eigenvalue weighted by Gasteiger charge is -2.36. The number of rotatable bonds is 5. The Morgan fingerprint density at radius 1 is 0.765 bits per heavy atom. The molecular weight excluding hydrogens is 426 g/mol. The first-order chi connectivity index (χ1) is 16.6. The number of hydrogen-bond acceptors (Lipinski definition) is 3. The average molecular weight is 454 g/mol. The van der Waals surface area contributed by atoms with E-state index in [1.54, 1.807) is 17.0 Å². The van der Waals surface area contributed by atoms with Crippen molar-refractivity contribution >= 4 is 23.5 Å². The van der Waals surface area contributed by atoms with Gasteiger partial charge in [-0.25, -0.2) is 9.69 Å². The van der Waals surface area contributed by atoms with Crippen LogP contribution in [-0.2, 0) is 16.0 Å². The van der Waals surface area contributed by atoms with Gasteiger partial charge < -0.3 is 9.80 Å². The van der Waals surface area contributed by atoms with Crippen molar-refractivity contribution in [3.8, 4) is 11.1 Å². The Kier molecular flexibility index (Phi) is 6.12. The first kappa shape index (κ1) is 21.9. The summed E-state index contributed by atoms with van der Waals surface area (Å²) < 4.78 is 0. The number of amides is 4. The van der Waals surface area contributed by atoms with Gasteiger partial charge in [0.25, 0.3) is 5.91 Å². The molecule has 172 valence electrons. The molecule has 2 saturated heterocycles. The Morgan fingerprint density at radius 3 is 2.00 bits per heavy atom. The number of anilines is 1. The minimum absolute atomic E-state index is 0.0284. The SMILES string of the molecule is O=C(Cc1ccc(-c2ccccc2)cc1)N1CCC(N2CC(=O)N(c3ccccc3)C2=O)CC1. The topological polar surface area (TPSA) is 60.9 Å². The second kappa shape index (κ2) is 9.51. The van der Waals surface area contributed by atoms with Gasteiger partial charge in [0.05, 0.1) is 12.1 Å². The van der Waals surface area contributed by atoms with E-state index in [1.807, 2.05) is 53.4 Å². The van der Waals surface area contributed by atoms with Gasteiger partial charge in [-0.15, -0.1) is 0 Å². The van der Waals surface area contributed by atoms with Crippen LogP contribution in [0.15, 0.2) is 84.9 Å². The number of carbonyl (C=O) groups is 3. The molecule has 0 aliphatic carbocycles. The molecule has 2 aliphatic heterocycles. The third-order valence-electron chi connectivity index (χ3n) is 6.68. The molecule has 0 spiro atoms. The summed E-state index contributed by atoms with van der Waals surface area (Å²) in [6.45, 7) is 1.28. The summed E-state index contributed by atoms with van der Waals surface area (Å²) in [7, 11) is 0. The van der Waals surface area contributed by atoms with Gasteiger partial charge in [0.1, 0.15) is 6.54 Å². The number of piperidine rings is 1. The van der Waals surface area contributed by atoms with Crippen molar-refractivity contribution in [1.82, 2.24) is 9.80 Å². The van der Waals surface area contributed by atoms with Crippen LogP contribution in [0.2, 0.25) is 0 Å². The van der Waals surface area contributed by atoms with Crippen LogP contribution < -0.4 is 4.90 Å². The summed E-state index contributed by atoms with van der Waals surface area (Å²) in [5.41, 5.74) is 3.88. The summed E-state index contributed by atoms with van der Waals surface area (Å²) in [5, 5.41) is 0. The standard InChI is InChI=1S/C28H27N3O3/c32-26(19-21-11-13-23(14-12-21)22-7-3-1-4-8-22)29-17-15-24(16-18-29)30-20-27(33)31(28(30)34)25-9-5-2-6-10-25/h1-14,24H,15-20H2. The van der Waals surface area contributed by atoms with E-state index < -0.39 is 0 Å². The average Bonchev–Trinajstić information content (AvgIpc) is 3.19. The van der Waals surface area contributed by atoms with E-state index in [0.717, 1.165) is 16.7 Å². The lowest BCUT2D eigenvalue weighted by molar-refractivity contribution is -0.132. The highest BCUT2D eigenvalue weighted by molar-refractivity contribution is 6.19. The molecule has 0 unspecified atom stereocenters. The molecule has 2 fully saturated rings. The molecule has 0 aromatic heterocycles. The Balaban J connectivity index is 1.16. The first-order valence-corrected chi connectivity index (χ1v) is 11.7. The van der Waals surface area contributed by atoms with Crippen LogP contribution in [0.25, 0.3) is 11.1 Å². The van der Waals surface area contributed by atoms with E-state index >= 15 is 0 Å². The molecule has 4 amide bonds. The molecular formula is C28H27N3O3. The van der Waals surface area contributed by atoms with Gasteiger partial charge in [0.15, 0.2) is 0 Å². The highest BCUT2D eigenvalue weighted by Crippen LogP contribution is 2.26. The minimum Gasteiger partial charge on any atom is -0.342 e. The Labute approximate surface area is 199 Å². The summed E-state index contributed by atoms with van der Waals surface area (Å²) in [6, 6.07) is 27.0. The molecule has 0 N–H and O–H groups in total. The van der Waals surface area contributed by atoms with Crippen molar-refractivity contribution in [2.75, 3.05) is 24.5 Å². The summed E-state index contributed by atoms with van der Waals surface area (Å²) in [4.78, 5) is 43.2. The molecule has 3 aromatic rings. The molecule has 3 aromatic carbocycles. The van der Waals surface area contributed by atoms with Crippen molar-refractivity contribution in [1.29, 1.82) is 0 Å². The van der Waals surface area contributed by atoms with E-state index in [1.165, 1.54) is 4.90 Å². The zero-order chi connectivity index (χ0) is 23.5. The molecule has 2 aliphatic rings. The second-order valence-corrected chi connectivity index (χ2v) is 8.83. The molecule has 2 heterocycles. The third-order valence-corrected chi connectivity index (χ3v) is 6.68. The molecule has 34 heavy (non-hydrogen) atoms. The second-order valence-electron chi connectivity index (χ2n) is 8.83. The van der Waals surface area contributed by atoms with Crippen LogP contribution in [-0.4, -0.2) is 53.3 Å². The van der Waals surface area contributed by atoms with Gasteiger partial charge in [-0.1, -0.05) is 72.8 Å². The van der Waals surface area contributed by atoms with Gasteiger partial charge in [-0.2, -0.15) is 0 Å². The summed E-state index contributed by atoms with van der Waals surface area (Å²) >= 11 is 0. The largest absolute Gasteiger partial charge is 0.342 e. The van der Waals surface area contributed by atoms with E-state index in [2.05, 4.69) is 24.3 Å². The van der Waals surface area contributed by atoms with E-state index in [-0.39, 0.29) is 30.4 Å². The highest BCUT2D eigenvalue weighted by atomic mass is 16.2. The quantitative estimate of drug-likeness (QED) is 0.540. The van der Waals surface area contributed by atoms with Gasteiger partial charge in [0.2, 0.25) is 5.91 Å². The zero-order valence-corrected chi connectivity index (χ0v) is 19.0. The van der Waals surface area contributed by atoms with E-state index in [9.17, 15) is 14.4 Å². The van der Waals surface area contributed by atoms with Crippen molar-refractivity contribution in [3.05, 3.63) is 90.5 Å². The summed E-state index contributed by atoms with van der Waals surface area (Å²) in [6.07, 6.45) is 1.73. The maximum Gasteiger partial charge on any atom is 0.332 e.